The van der Waals surface area contributed by atoms with Crippen LogP contribution < -0.4 is 38.9 Å². The fraction of sp³-hybridized carbons (Fsp3) is 0.591. The Morgan fingerprint density at radius 2 is 1.55 bits per heavy atom. The molecule has 12 N–H and O–H groups in total. The SMILES string of the molecule is CC[C@H](C)[C@H](NC(=O)[C@H](CCCN=C(N)N)NC(=O)[C@H](CCCN=C(N)N)NC(=O)[C@@]1(c2ccccc2)C[C@H]1CN1CC[C@@]2(C)c3cc(O)ccc3C[C@@H]1[C@@H]2C)C(=O)OC. The van der Waals surface area contributed by atoms with Crippen molar-refractivity contribution < 1.29 is 29.0 Å². The molecule has 60 heavy (non-hydrogen) atoms. The summed E-state index contributed by atoms with van der Waals surface area (Å²) in [6.45, 7) is 10.3. The monoisotopic (exact) mass is 831 g/mol. The molecular formula is C44H66N10O6. The maximum Gasteiger partial charge on any atom is 0.328 e. The first-order valence-electron chi connectivity index (χ1n) is 21.3. The van der Waals surface area contributed by atoms with Crippen LogP contribution in [0.3, 0.4) is 0 Å². The summed E-state index contributed by atoms with van der Waals surface area (Å²) in [5, 5.41) is 19.1. The van der Waals surface area contributed by atoms with Gasteiger partial charge in [0.05, 0.1) is 12.5 Å². The second kappa shape index (κ2) is 19.8. The van der Waals surface area contributed by atoms with Crippen LogP contribution in [0.15, 0.2) is 58.5 Å². The molecule has 1 saturated heterocycles. The van der Waals surface area contributed by atoms with Crippen molar-refractivity contribution in [3.05, 3.63) is 65.2 Å². The molecule has 0 spiro atoms. The van der Waals surface area contributed by atoms with Gasteiger partial charge in [-0.25, -0.2) is 4.79 Å². The number of aliphatic imine (C=N–C) groups is 2. The number of piperidine rings is 1. The number of fused-ring (bicyclic) bond motifs is 4. The highest BCUT2D eigenvalue weighted by Crippen LogP contribution is 2.57. The zero-order valence-electron chi connectivity index (χ0n) is 35.8. The number of methoxy groups -OCH3 is 1. The van der Waals surface area contributed by atoms with Gasteiger partial charge in [0, 0.05) is 25.7 Å². The minimum atomic E-state index is -1.09. The van der Waals surface area contributed by atoms with E-state index in [0.717, 1.165) is 24.9 Å². The fourth-order valence-corrected chi connectivity index (χ4v) is 9.41. The third-order valence-electron chi connectivity index (χ3n) is 13.5. The normalized spacial score (nSPS) is 24.9. The van der Waals surface area contributed by atoms with E-state index in [4.69, 9.17) is 27.7 Å². The Bertz CT molecular complexity index is 1900. The Morgan fingerprint density at radius 1 is 0.933 bits per heavy atom. The number of hydrogen-bond donors (Lipinski definition) is 8. The van der Waals surface area contributed by atoms with Crippen molar-refractivity contribution in [1.82, 2.24) is 20.9 Å². The highest BCUT2D eigenvalue weighted by atomic mass is 16.5. The molecule has 16 nitrogen and oxygen atoms in total. The number of rotatable bonds is 20. The summed E-state index contributed by atoms with van der Waals surface area (Å²) in [4.78, 5) is 66.4. The van der Waals surface area contributed by atoms with E-state index >= 15 is 0 Å². The van der Waals surface area contributed by atoms with Gasteiger partial charge in [-0.15, -0.1) is 0 Å². The zero-order valence-corrected chi connectivity index (χ0v) is 35.8. The molecule has 1 aliphatic heterocycles. The second-order valence-corrected chi connectivity index (χ2v) is 17.2. The predicted octanol–water partition coefficient (Wildman–Crippen LogP) is 1.66. The second-order valence-electron chi connectivity index (χ2n) is 17.2. The number of likely N-dealkylation sites (tertiary alicyclic amines) is 1. The van der Waals surface area contributed by atoms with Crippen molar-refractivity contribution in [3.63, 3.8) is 0 Å². The first-order chi connectivity index (χ1) is 28.5. The van der Waals surface area contributed by atoms with Gasteiger partial charge < -0.3 is 48.7 Å². The summed E-state index contributed by atoms with van der Waals surface area (Å²) in [5.41, 5.74) is 24.6. The predicted molar refractivity (Wildman–Crippen MR) is 232 cm³/mol. The van der Waals surface area contributed by atoms with Crippen LogP contribution in [0.25, 0.3) is 0 Å². The van der Waals surface area contributed by atoms with Crippen molar-refractivity contribution in [2.24, 2.45) is 50.7 Å². The van der Waals surface area contributed by atoms with Crippen molar-refractivity contribution in [1.29, 1.82) is 0 Å². The number of aromatic hydroxyl groups is 1. The van der Waals surface area contributed by atoms with Crippen LogP contribution in [0.5, 0.6) is 5.75 Å². The van der Waals surface area contributed by atoms with Gasteiger partial charge in [0.15, 0.2) is 11.9 Å². The van der Waals surface area contributed by atoms with Crippen molar-refractivity contribution in [2.75, 3.05) is 33.3 Å². The highest BCUT2D eigenvalue weighted by Gasteiger charge is 2.62. The van der Waals surface area contributed by atoms with Gasteiger partial charge in [0.2, 0.25) is 17.7 Å². The molecule has 0 aromatic heterocycles. The molecule has 2 fully saturated rings. The maximum absolute atomic E-state index is 14.8. The number of carbonyl (C=O) groups is 4. The summed E-state index contributed by atoms with van der Waals surface area (Å²) in [6, 6.07) is 12.6. The smallest absolute Gasteiger partial charge is 0.328 e. The van der Waals surface area contributed by atoms with E-state index in [0.29, 0.717) is 43.9 Å². The number of nitrogens with one attached hydrogen (secondary N) is 3. The van der Waals surface area contributed by atoms with Crippen molar-refractivity contribution in [2.45, 2.75) is 114 Å². The van der Waals surface area contributed by atoms with Crippen molar-refractivity contribution in [3.8, 4) is 5.75 Å². The number of esters is 1. The summed E-state index contributed by atoms with van der Waals surface area (Å²) in [5.74, 6) is -1.84. The Hall–Kier alpha value is -5.38. The standard InChI is InChI=1S/C44H66N10O6/c1-6-26(2)36(39(58)60-5)53-38(57)33(14-10-19-49-41(45)46)51-37(56)34(15-11-20-50-42(47)48)52-40(59)44(29-12-8-7-9-13-29)24-30(44)25-54-21-18-43(4)27(3)35(54)22-28-16-17-31(55)23-32(28)43/h7-9,12-13,16-17,23,26-27,30,33-36,55H,6,10-11,14-15,18-22,24-25H2,1-5H3,(H,51,56)(H,52,59)(H,53,57)(H4,45,46,49)(H4,47,48,50)/t26-,27-,30-,33-,34-,35+,36-,43+,44+/m0/s1. The lowest BCUT2D eigenvalue weighted by Gasteiger charge is -2.55. The van der Waals surface area contributed by atoms with Gasteiger partial charge in [-0.3, -0.25) is 29.3 Å². The summed E-state index contributed by atoms with van der Waals surface area (Å²) in [6.07, 6.45) is 4.01. The van der Waals surface area contributed by atoms with E-state index in [2.05, 4.69) is 44.7 Å². The molecule has 9 atom stereocenters. The van der Waals surface area contributed by atoms with Crippen LogP contribution >= 0.6 is 0 Å². The lowest BCUT2D eigenvalue weighted by molar-refractivity contribution is -0.147. The van der Waals surface area contributed by atoms with Crippen LogP contribution in [0.2, 0.25) is 0 Å². The molecule has 0 radical (unpaired) electrons. The Balaban J connectivity index is 1.38. The molecule has 2 aromatic rings. The summed E-state index contributed by atoms with van der Waals surface area (Å²) < 4.78 is 4.98. The number of amides is 3. The van der Waals surface area contributed by atoms with E-state index in [1.54, 1.807) is 6.07 Å². The largest absolute Gasteiger partial charge is 0.508 e. The maximum atomic E-state index is 14.8. The van der Waals surface area contributed by atoms with Gasteiger partial charge >= 0.3 is 5.97 Å². The van der Waals surface area contributed by atoms with Gasteiger partial charge in [0.1, 0.15) is 23.9 Å². The molecule has 0 unspecified atom stereocenters. The number of benzene rings is 2. The lowest BCUT2D eigenvalue weighted by atomic mass is 9.59. The number of carbonyl (C=O) groups excluding carboxylic acids is 4. The minimum absolute atomic E-state index is 0.0205. The topological polar surface area (TPSA) is 266 Å². The molecule has 2 aromatic carbocycles. The Morgan fingerprint density at radius 3 is 2.15 bits per heavy atom. The van der Waals surface area contributed by atoms with Gasteiger partial charge in [0.25, 0.3) is 0 Å². The van der Waals surface area contributed by atoms with Crippen LogP contribution in [0.4, 0.5) is 0 Å². The number of nitrogens with zero attached hydrogens (tertiary/aromatic N) is 3. The van der Waals surface area contributed by atoms with Gasteiger partial charge in [-0.2, -0.15) is 0 Å². The van der Waals surface area contributed by atoms with Gasteiger partial charge in [-0.05, 0) is 103 Å². The average Bonchev–Trinajstić information content (AvgIpc) is 3.96. The van der Waals surface area contributed by atoms with E-state index < -0.39 is 41.3 Å². The number of ether oxygens (including phenoxy) is 1. The first-order valence-corrected chi connectivity index (χ1v) is 21.3. The lowest BCUT2D eigenvalue weighted by Crippen LogP contribution is -2.59. The van der Waals surface area contributed by atoms with E-state index in [1.165, 1.54) is 18.2 Å². The van der Waals surface area contributed by atoms with Crippen LogP contribution in [-0.4, -0.2) is 103 Å². The van der Waals surface area contributed by atoms with Crippen LogP contribution in [-0.2, 0) is 41.2 Å². The molecule has 16 heteroatoms. The third-order valence-corrected chi connectivity index (χ3v) is 13.5. The van der Waals surface area contributed by atoms with Gasteiger partial charge in [-0.1, -0.05) is 70.5 Å². The first kappa shape index (κ1) is 45.7. The molecular weight excluding hydrogens is 765 g/mol. The zero-order chi connectivity index (χ0) is 43.8. The molecule has 3 amide bonds. The number of hydrogen-bond acceptors (Lipinski definition) is 9. The Labute approximate surface area is 353 Å². The van der Waals surface area contributed by atoms with E-state index in [9.17, 15) is 24.3 Å². The molecule has 2 bridgehead atoms. The third kappa shape index (κ3) is 10.3. The molecule has 1 saturated carbocycles. The number of phenols is 1. The van der Waals surface area contributed by atoms with E-state index in [1.807, 2.05) is 56.3 Å². The Kier molecular flexibility index (Phi) is 15.1. The number of nitrogens with two attached hydrogens (primary N) is 4. The van der Waals surface area contributed by atoms with E-state index in [-0.39, 0.29) is 67.1 Å². The fourth-order valence-electron chi connectivity index (χ4n) is 9.41. The average molecular weight is 831 g/mol. The molecule has 3 aliphatic rings. The van der Waals surface area contributed by atoms with Crippen LogP contribution in [0, 0.1) is 17.8 Å². The van der Waals surface area contributed by atoms with Crippen molar-refractivity contribution >= 4 is 35.6 Å². The summed E-state index contributed by atoms with van der Waals surface area (Å²) in [7, 11) is 1.26. The number of guanidine groups is 2. The molecule has 328 valence electrons. The number of phenolic OH excluding ortho intramolecular Hbond substituents is 1. The quantitative estimate of drug-likeness (QED) is 0.0412. The van der Waals surface area contributed by atoms with Crippen LogP contribution in [0.1, 0.15) is 89.3 Å². The summed E-state index contributed by atoms with van der Waals surface area (Å²) >= 11 is 0. The molecule has 1 heterocycles. The highest BCUT2D eigenvalue weighted by molar-refractivity contribution is 5.97. The molecule has 2 aliphatic carbocycles. The molecule has 5 rings (SSSR count). The minimum Gasteiger partial charge on any atom is -0.508 e.